The van der Waals surface area contributed by atoms with Crippen LogP contribution in [0.15, 0.2) is 0 Å². The summed E-state index contributed by atoms with van der Waals surface area (Å²) >= 11 is 0. The summed E-state index contributed by atoms with van der Waals surface area (Å²) in [6.45, 7) is 6.99. The predicted molar refractivity (Wildman–Crippen MR) is 56.7 cm³/mol. The van der Waals surface area contributed by atoms with Gasteiger partial charge in [0.15, 0.2) is 0 Å². The molecule has 78 valence electrons. The van der Waals surface area contributed by atoms with E-state index in [-0.39, 0.29) is 5.25 Å². The lowest BCUT2D eigenvalue weighted by molar-refractivity contribution is 0.257. The van der Waals surface area contributed by atoms with Crippen molar-refractivity contribution in [3.8, 4) is 0 Å². The van der Waals surface area contributed by atoms with Gasteiger partial charge in [-0.3, -0.25) is 0 Å². The molecule has 0 bridgehead atoms. The highest BCUT2D eigenvalue weighted by atomic mass is 32.2. The largest absolute Gasteiger partial charge is 0.328 e. The number of nitrogens with zero attached hydrogens (tertiary/aromatic N) is 1. The zero-order valence-corrected chi connectivity index (χ0v) is 9.51. The lowest BCUT2D eigenvalue weighted by atomic mass is 10.0. The highest BCUT2D eigenvalue weighted by Gasteiger charge is 2.28. The van der Waals surface area contributed by atoms with Crippen LogP contribution in [0.3, 0.4) is 0 Å². The van der Waals surface area contributed by atoms with E-state index in [0.717, 1.165) is 19.4 Å². The van der Waals surface area contributed by atoms with Gasteiger partial charge in [0.05, 0.1) is 11.0 Å². The van der Waals surface area contributed by atoms with Crippen LogP contribution in [-0.2, 0) is 11.0 Å². The molecule has 1 saturated heterocycles. The normalized spacial score (nSPS) is 33.6. The minimum absolute atomic E-state index is 0.219. The molecule has 0 aromatic heterocycles. The van der Waals surface area contributed by atoms with Crippen LogP contribution in [0.1, 0.15) is 33.6 Å². The van der Waals surface area contributed by atoms with Crippen molar-refractivity contribution in [3.63, 3.8) is 0 Å². The Kier molecular flexibility index (Phi) is 3.88. The van der Waals surface area contributed by atoms with Crippen molar-refractivity contribution in [1.82, 2.24) is 4.31 Å². The zero-order valence-electron chi connectivity index (χ0n) is 8.69. The predicted octanol–water partition coefficient (Wildman–Crippen LogP) is 0.870. The van der Waals surface area contributed by atoms with Gasteiger partial charge in [-0.05, 0) is 33.6 Å². The summed E-state index contributed by atoms with van der Waals surface area (Å²) in [5.41, 5.74) is 5.84. The summed E-state index contributed by atoms with van der Waals surface area (Å²) in [5, 5.41) is 0.219. The Morgan fingerprint density at radius 2 is 2.15 bits per heavy atom. The molecule has 2 N–H and O–H groups in total. The summed E-state index contributed by atoms with van der Waals surface area (Å²) in [6.07, 6.45) is 1.95. The van der Waals surface area contributed by atoms with Crippen LogP contribution in [0.2, 0.25) is 0 Å². The average molecular weight is 204 g/mol. The Morgan fingerprint density at radius 3 is 2.62 bits per heavy atom. The summed E-state index contributed by atoms with van der Waals surface area (Å²) < 4.78 is 13.9. The molecule has 0 amide bonds. The maximum atomic E-state index is 11.8. The van der Waals surface area contributed by atoms with Crippen LogP contribution in [0.5, 0.6) is 0 Å². The van der Waals surface area contributed by atoms with E-state index < -0.39 is 11.0 Å². The van der Waals surface area contributed by atoms with Gasteiger partial charge in [0, 0.05) is 23.9 Å². The first-order chi connectivity index (χ1) is 6.02. The van der Waals surface area contributed by atoms with E-state index in [1.54, 1.807) is 0 Å². The fourth-order valence-electron chi connectivity index (χ4n) is 1.73. The second-order valence-corrected chi connectivity index (χ2v) is 6.06. The van der Waals surface area contributed by atoms with E-state index in [0.29, 0.717) is 12.1 Å². The summed E-state index contributed by atoms with van der Waals surface area (Å²) in [6, 6.07) is 0.669. The molecule has 0 spiro atoms. The molecule has 0 aliphatic carbocycles. The standard InChI is InChI=1S/C9H20N2OS/c1-7(2)13(12)11-5-4-9(10)6-8(11)3/h7-9H,4-6,10H2,1-3H3. The van der Waals surface area contributed by atoms with Crippen molar-refractivity contribution in [2.75, 3.05) is 6.54 Å². The molecule has 1 aliphatic heterocycles. The van der Waals surface area contributed by atoms with E-state index >= 15 is 0 Å². The molecule has 1 heterocycles. The van der Waals surface area contributed by atoms with Crippen LogP contribution < -0.4 is 5.73 Å². The average Bonchev–Trinajstić information content (AvgIpc) is 2.03. The third-order valence-corrected chi connectivity index (χ3v) is 4.30. The van der Waals surface area contributed by atoms with Crippen molar-refractivity contribution in [1.29, 1.82) is 0 Å². The molecule has 4 heteroatoms. The molecule has 3 nitrogen and oxygen atoms in total. The Bertz CT molecular complexity index is 196. The number of rotatable bonds is 2. The van der Waals surface area contributed by atoms with Crippen LogP contribution in [0, 0.1) is 0 Å². The molecule has 1 rings (SSSR count). The zero-order chi connectivity index (χ0) is 10.0. The molecule has 0 aromatic carbocycles. The molecule has 0 radical (unpaired) electrons. The van der Waals surface area contributed by atoms with E-state index in [9.17, 15) is 4.21 Å². The lowest BCUT2D eigenvalue weighted by Gasteiger charge is -2.35. The van der Waals surface area contributed by atoms with Gasteiger partial charge in [0.25, 0.3) is 0 Å². The number of piperidine rings is 1. The second-order valence-electron chi connectivity index (χ2n) is 4.10. The number of hydrogen-bond acceptors (Lipinski definition) is 2. The van der Waals surface area contributed by atoms with Crippen molar-refractivity contribution >= 4 is 11.0 Å². The van der Waals surface area contributed by atoms with Gasteiger partial charge in [-0.25, -0.2) is 8.51 Å². The second kappa shape index (κ2) is 4.53. The smallest absolute Gasteiger partial charge is 0.0971 e. The van der Waals surface area contributed by atoms with Crippen molar-refractivity contribution in [2.45, 2.75) is 50.9 Å². The van der Waals surface area contributed by atoms with Gasteiger partial charge < -0.3 is 5.73 Å². The Hall–Kier alpha value is 0.0700. The maximum absolute atomic E-state index is 11.8. The highest BCUT2D eigenvalue weighted by Crippen LogP contribution is 2.19. The summed E-state index contributed by atoms with van der Waals surface area (Å²) in [7, 11) is -0.825. The molecule has 3 atom stereocenters. The molecule has 0 aromatic rings. The van der Waals surface area contributed by atoms with Gasteiger partial charge >= 0.3 is 0 Å². The molecule has 0 saturated carbocycles. The Balaban J connectivity index is 2.56. The number of hydrogen-bond donors (Lipinski definition) is 1. The molecule has 13 heavy (non-hydrogen) atoms. The van der Waals surface area contributed by atoms with Crippen molar-refractivity contribution in [2.24, 2.45) is 5.73 Å². The van der Waals surface area contributed by atoms with E-state index in [4.69, 9.17) is 5.73 Å². The van der Waals surface area contributed by atoms with E-state index in [2.05, 4.69) is 11.2 Å². The Labute approximate surface area is 83.3 Å². The molecule has 1 aliphatic rings. The summed E-state index contributed by atoms with van der Waals surface area (Å²) in [5.74, 6) is 0. The van der Waals surface area contributed by atoms with Gasteiger partial charge in [0.1, 0.15) is 0 Å². The maximum Gasteiger partial charge on any atom is 0.0971 e. The lowest BCUT2D eigenvalue weighted by Crippen LogP contribution is -2.47. The Morgan fingerprint density at radius 1 is 1.54 bits per heavy atom. The molecular formula is C9H20N2OS. The van der Waals surface area contributed by atoms with Crippen LogP contribution in [0.25, 0.3) is 0 Å². The fraction of sp³-hybridized carbons (Fsp3) is 1.00. The van der Waals surface area contributed by atoms with Crippen molar-refractivity contribution in [3.05, 3.63) is 0 Å². The number of nitrogens with two attached hydrogens (primary N) is 1. The van der Waals surface area contributed by atoms with Gasteiger partial charge in [-0.1, -0.05) is 0 Å². The van der Waals surface area contributed by atoms with E-state index in [1.165, 1.54) is 0 Å². The van der Waals surface area contributed by atoms with E-state index in [1.807, 2.05) is 13.8 Å². The van der Waals surface area contributed by atoms with Crippen LogP contribution in [-0.4, -0.2) is 32.4 Å². The minimum atomic E-state index is -0.825. The molecular weight excluding hydrogens is 184 g/mol. The van der Waals surface area contributed by atoms with Gasteiger partial charge in [0.2, 0.25) is 0 Å². The quantitative estimate of drug-likeness (QED) is 0.725. The fourth-order valence-corrected chi connectivity index (χ4v) is 2.99. The minimum Gasteiger partial charge on any atom is -0.328 e. The van der Waals surface area contributed by atoms with Gasteiger partial charge in [-0.15, -0.1) is 0 Å². The first-order valence-corrected chi connectivity index (χ1v) is 6.12. The third-order valence-electron chi connectivity index (χ3n) is 2.49. The third kappa shape index (κ3) is 2.76. The van der Waals surface area contributed by atoms with Crippen LogP contribution >= 0.6 is 0 Å². The van der Waals surface area contributed by atoms with Gasteiger partial charge in [-0.2, -0.15) is 0 Å². The summed E-state index contributed by atoms with van der Waals surface area (Å²) in [4.78, 5) is 0. The van der Waals surface area contributed by atoms with Crippen LogP contribution in [0.4, 0.5) is 0 Å². The molecule has 1 fully saturated rings. The topological polar surface area (TPSA) is 46.3 Å². The first-order valence-electron chi connectivity index (χ1n) is 4.95. The highest BCUT2D eigenvalue weighted by molar-refractivity contribution is 7.83. The monoisotopic (exact) mass is 204 g/mol. The molecule has 3 unspecified atom stereocenters. The first kappa shape index (κ1) is 11.1. The SMILES string of the molecule is CC1CC(N)CCN1S(=O)C(C)C. The van der Waals surface area contributed by atoms with Crippen molar-refractivity contribution < 1.29 is 4.21 Å².